The van der Waals surface area contributed by atoms with Crippen LogP contribution in [0.25, 0.3) is 0 Å². The summed E-state index contributed by atoms with van der Waals surface area (Å²) in [4.78, 5) is 11.1. The Hall–Kier alpha value is -1.69. The second-order valence-electron chi connectivity index (χ2n) is 5.27. The molecule has 0 saturated carbocycles. The zero-order chi connectivity index (χ0) is 15.5. The van der Waals surface area contributed by atoms with Crippen LogP contribution in [-0.4, -0.2) is 42.9 Å². The van der Waals surface area contributed by atoms with Gasteiger partial charge in [-0.15, -0.1) is 0 Å². The van der Waals surface area contributed by atoms with Gasteiger partial charge in [0.05, 0.1) is 25.6 Å². The van der Waals surface area contributed by atoms with Gasteiger partial charge in [0, 0.05) is 0 Å². The molecule has 0 aromatic heterocycles. The lowest BCUT2D eigenvalue weighted by atomic mass is 9.66. The summed E-state index contributed by atoms with van der Waals surface area (Å²) in [5.74, 6) is 1.29. The van der Waals surface area contributed by atoms with Crippen LogP contribution in [0.3, 0.4) is 0 Å². The summed E-state index contributed by atoms with van der Waals surface area (Å²) in [5.41, 5.74) is -0.572. The number of carbonyl (C=O) groups excluding carboxylic acids is 1. The maximum absolute atomic E-state index is 11.1. The molecule has 1 atom stereocenters. The summed E-state index contributed by atoms with van der Waals surface area (Å²) in [6, 6.07) is 0. The SMILES string of the molecule is COC1=CC(B(O)O)C(=C=O)C(OC)=C1OC(C)(C)C. The quantitative estimate of drug-likeness (QED) is 0.586. The van der Waals surface area contributed by atoms with Crippen LogP contribution in [0.15, 0.2) is 28.9 Å². The zero-order valence-electron chi connectivity index (χ0n) is 12.3. The fourth-order valence-electron chi connectivity index (χ4n) is 1.82. The van der Waals surface area contributed by atoms with Gasteiger partial charge in [-0.3, -0.25) is 0 Å². The molecule has 0 radical (unpaired) electrons. The van der Waals surface area contributed by atoms with E-state index < -0.39 is 18.5 Å². The Morgan fingerprint density at radius 3 is 2.15 bits per heavy atom. The molecule has 0 bridgehead atoms. The van der Waals surface area contributed by atoms with E-state index in [0.717, 1.165) is 0 Å². The maximum atomic E-state index is 11.1. The lowest BCUT2D eigenvalue weighted by Gasteiger charge is -2.30. The minimum atomic E-state index is -1.77. The van der Waals surface area contributed by atoms with Crippen molar-refractivity contribution in [2.24, 2.45) is 0 Å². The van der Waals surface area contributed by atoms with Crippen molar-refractivity contribution in [3.63, 3.8) is 0 Å². The number of rotatable bonds is 4. The van der Waals surface area contributed by atoms with E-state index in [4.69, 9.17) is 14.2 Å². The Morgan fingerprint density at radius 1 is 1.20 bits per heavy atom. The van der Waals surface area contributed by atoms with Crippen molar-refractivity contribution in [1.29, 1.82) is 0 Å². The van der Waals surface area contributed by atoms with Gasteiger partial charge in [0.2, 0.25) is 5.76 Å². The average Bonchev–Trinajstić information content (AvgIpc) is 2.35. The van der Waals surface area contributed by atoms with E-state index in [0.29, 0.717) is 0 Å². The summed E-state index contributed by atoms with van der Waals surface area (Å²) in [7, 11) is 1.01. The lowest BCUT2D eigenvalue weighted by Crippen LogP contribution is -2.28. The highest BCUT2D eigenvalue weighted by Crippen LogP contribution is 2.39. The predicted octanol–water partition coefficient (Wildman–Crippen LogP) is 0.804. The monoisotopic (exact) mass is 282 g/mol. The zero-order valence-corrected chi connectivity index (χ0v) is 12.3. The predicted molar refractivity (Wildman–Crippen MR) is 73.1 cm³/mol. The molecule has 1 aliphatic carbocycles. The van der Waals surface area contributed by atoms with Crippen molar-refractivity contribution < 1.29 is 29.1 Å². The number of ether oxygens (including phenoxy) is 3. The molecule has 0 aromatic rings. The van der Waals surface area contributed by atoms with Crippen molar-refractivity contribution in [1.82, 2.24) is 0 Å². The number of hydrogen-bond acceptors (Lipinski definition) is 6. The molecule has 0 aromatic carbocycles. The summed E-state index contributed by atoms with van der Waals surface area (Å²) in [5, 5.41) is 18.7. The van der Waals surface area contributed by atoms with Crippen LogP contribution < -0.4 is 0 Å². The molecule has 0 spiro atoms. The first-order chi connectivity index (χ1) is 9.25. The van der Waals surface area contributed by atoms with Crippen LogP contribution in [0.2, 0.25) is 5.82 Å². The molecule has 1 unspecified atom stereocenters. The Bertz CT molecular complexity index is 480. The largest absolute Gasteiger partial charge is 0.493 e. The summed E-state index contributed by atoms with van der Waals surface area (Å²) in [6.45, 7) is 5.49. The maximum Gasteiger partial charge on any atom is 0.464 e. The van der Waals surface area contributed by atoms with E-state index in [-0.39, 0.29) is 22.9 Å². The van der Waals surface area contributed by atoms with Crippen LogP contribution in [0, 0.1) is 0 Å². The van der Waals surface area contributed by atoms with Gasteiger partial charge >= 0.3 is 7.12 Å². The topological polar surface area (TPSA) is 85.2 Å². The van der Waals surface area contributed by atoms with E-state index in [9.17, 15) is 14.8 Å². The molecule has 0 saturated heterocycles. The smallest absolute Gasteiger partial charge is 0.464 e. The van der Waals surface area contributed by atoms with E-state index >= 15 is 0 Å². The second kappa shape index (κ2) is 6.18. The van der Waals surface area contributed by atoms with Gasteiger partial charge in [0.15, 0.2) is 11.5 Å². The van der Waals surface area contributed by atoms with Crippen molar-refractivity contribution in [3.8, 4) is 0 Å². The van der Waals surface area contributed by atoms with Gasteiger partial charge < -0.3 is 24.3 Å². The molecular weight excluding hydrogens is 263 g/mol. The second-order valence-corrected chi connectivity index (χ2v) is 5.27. The molecule has 1 aliphatic rings. The standard InChI is InChI=1S/C13H19BO6/c1-13(2,3)20-12-10(18-4)6-9(14(16)17)8(7-15)11(12)19-5/h6,9,16-17H,1-5H3. The first-order valence-electron chi connectivity index (χ1n) is 6.10. The van der Waals surface area contributed by atoms with E-state index in [1.807, 2.05) is 20.8 Å². The molecule has 7 heteroatoms. The van der Waals surface area contributed by atoms with Gasteiger partial charge in [-0.25, -0.2) is 4.79 Å². The highest BCUT2D eigenvalue weighted by Gasteiger charge is 2.38. The van der Waals surface area contributed by atoms with Crippen LogP contribution >= 0.6 is 0 Å². The number of hydrogen-bond donors (Lipinski definition) is 2. The number of methoxy groups -OCH3 is 2. The Kier molecular flexibility index (Phi) is 5.06. The van der Waals surface area contributed by atoms with Crippen LogP contribution in [0.1, 0.15) is 20.8 Å². The fraction of sp³-hybridized carbons (Fsp3) is 0.538. The third-order valence-corrected chi connectivity index (χ3v) is 2.60. The van der Waals surface area contributed by atoms with Crippen LogP contribution in [0.4, 0.5) is 0 Å². The van der Waals surface area contributed by atoms with Crippen LogP contribution in [-0.2, 0) is 19.0 Å². The third-order valence-electron chi connectivity index (χ3n) is 2.60. The molecular formula is C13H19BO6. The molecule has 0 amide bonds. The minimum absolute atomic E-state index is 0.0254. The average molecular weight is 282 g/mol. The van der Waals surface area contributed by atoms with Crippen molar-refractivity contribution in [3.05, 3.63) is 28.9 Å². The minimum Gasteiger partial charge on any atom is -0.493 e. The van der Waals surface area contributed by atoms with Gasteiger partial charge in [-0.2, -0.15) is 0 Å². The molecule has 20 heavy (non-hydrogen) atoms. The van der Waals surface area contributed by atoms with Crippen molar-refractivity contribution in [2.75, 3.05) is 14.2 Å². The summed E-state index contributed by atoms with van der Waals surface area (Å²) < 4.78 is 16.1. The molecule has 0 heterocycles. The molecule has 1 rings (SSSR count). The summed E-state index contributed by atoms with van der Waals surface area (Å²) in [6.07, 6.45) is 1.40. The Balaban J connectivity index is 3.41. The van der Waals surface area contributed by atoms with Crippen LogP contribution in [0.5, 0.6) is 0 Å². The molecule has 110 valence electrons. The number of allylic oxidation sites excluding steroid dienone is 2. The van der Waals surface area contributed by atoms with E-state index in [1.165, 1.54) is 20.3 Å². The first-order valence-corrected chi connectivity index (χ1v) is 6.10. The molecule has 2 N–H and O–H groups in total. The lowest BCUT2D eigenvalue weighted by molar-refractivity contribution is 0.0326. The van der Waals surface area contributed by atoms with Gasteiger partial charge in [0.25, 0.3) is 0 Å². The van der Waals surface area contributed by atoms with Gasteiger partial charge in [-0.05, 0) is 26.8 Å². The van der Waals surface area contributed by atoms with E-state index in [2.05, 4.69) is 0 Å². The summed E-state index contributed by atoms with van der Waals surface area (Å²) >= 11 is 0. The van der Waals surface area contributed by atoms with E-state index in [1.54, 1.807) is 5.94 Å². The molecule has 0 aliphatic heterocycles. The highest BCUT2D eigenvalue weighted by molar-refractivity contribution is 6.45. The van der Waals surface area contributed by atoms with Gasteiger partial charge in [-0.1, -0.05) is 0 Å². The normalized spacial score (nSPS) is 19.2. The molecule has 6 nitrogen and oxygen atoms in total. The van der Waals surface area contributed by atoms with Crippen molar-refractivity contribution >= 4 is 13.1 Å². The fourth-order valence-corrected chi connectivity index (χ4v) is 1.82. The first kappa shape index (κ1) is 16.4. The Labute approximate surface area is 118 Å². The highest BCUT2D eigenvalue weighted by atomic mass is 16.6. The Morgan fingerprint density at radius 2 is 1.80 bits per heavy atom. The van der Waals surface area contributed by atoms with Crippen molar-refractivity contribution in [2.45, 2.75) is 32.2 Å². The van der Waals surface area contributed by atoms with Gasteiger partial charge in [0.1, 0.15) is 11.5 Å². The third kappa shape index (κ3) is 3.45. The molecule has 0 fully saturated rings.